The third-order valence-corrected chi connectivity index (χ3v) is 3.63. The van der Waals surface area contributed by atoms with Gasteiger partial charge in [0.2, 0.25) is 5.91 Å². The second kappa shape index (κ2) is 6.52. The number of benzene rings is 1. The summed E-state index contributed by atoms with van der Waals surface area (Å²) in [6.07, 6.45) is 0.449. The minimum absolute atomic E-state index is 0.0651. The zero-order valence-corrected chi connectivity index (χ0v) is 11.7. The van der Waals surface area contributed by atoms with Gasteiger partial charge in [0.25, 0.3) is 5.91 Å². The lowest BCUT2D eigenvalue weighted by Crippen LogP contribution is -2.57. The highest BCUT2D eigenvalue weighted by Gasteiger charge is 2.31. The maximum atomic E-state index is 12.4. The van der Waals surface area contributed by atoms with Crippen LogP contribution in [0.3, 0.4) is 0 Å². The van der Waals surface area contributed by atoms with Gasteiger partial charge in [-0.1, -0.05) is 25.1 Å². The number of nitrogens with zero attached hydrogens (tertiary/aromatic N) is 2. The molecule has 2 amide bonds. The van der Waals surface area contributed by atoms with E-state index in [2.05, 4.69) is 0 Å². The third-order valence-electron chi connectivity index (χ3n) is 3.63. The molecule has 1 saturated heterocycles. The van der Waals surface area contributed by atoms with Crippen LogP contribution in [0, 0.1) is 0 Å². The average molecular weight is 276 g/mol. The molecule has 0 aliphatic carbocycles. The maximum Gasteiger partial charge on any atom is 0.254 e. The van der Waals surface area contributed by atoms with Crippen molar-refractivity contribution in [3.8, 4) is 0 Å². The molecule has 0 aromatic heterocycles. The number of rotatable bonds is 3. The SMILES string of the molecule is CCC(=O)N1CCN(C(=O)c2ccccc2)[C@@H](CO)C1. The van der Waals surface area contributed by atoms with Crippen molar-refractivity contribution >= 4 is 11.8 Å². The number of hydrogen-bond donors (Lipinski definition) is 1. The molecule has 1 aliphatic heterocycles. The van der Waals surface area contributed by atoms with E-state index >= 15 is 0 Å². The largest absolute Gasteiger partial charge is 0.394 e. The van der Waals surface area contributed by atoms with Gasteiger partial charge in [0, 0.05) is 31.6 Å². The molecule has 0 radical (unpaired) electrons. The zero-order chi connectivity index (χ0) is 14.5. The van der Waals surface area contributed by atoms with E-state index in [9.17, 15) is 14.7 Å². The van der Waals surface area contributed by atoms with Crippen molar-refractivity contribution in [1.29, 1.82) is 0 Å². The van der Waals surface area contributed by atoms with E-state index in [0.29, 0.717) is 31.6 Å². The summed E-state index contributed by atoms with van der Waals surface area (Å²) < 4.78 is 0. The standard InChI is InChI=1S/C15H20N2O3/c1-2-14(19)16-8-9-17(13(10-16)11-18)15(20)12-6-4-3-5-7-12/h3-7,13,18H,2,8-11H2,1H3/t13-/m1/s1. The Bertz CT molecular complexity index is 475. The van der Waals surface area contributed by atoms with Crippen molar-refractivity contribution in [2.24, 2.45) is 0 Å². The Balaban J connectivity index is 2.10. The summed E-state index contributed by atoms with van der Waals surface area (Å²) in [6.45, 7) is 3.08. The summed E-state index contributed by atoms with van der Waals surface area (Å²) in [4.78, 5) is 27.5. The van der Waals surface area contributed by atoms with E-state index in [-0.39, 0.29) is 24.5 Å². The summed E-state index contributed by atoms with van der Waals surface area (Å²) in [7, 11) is 0. The molecule has 5 nitrogen and oxygen atoms in total. The first-order valence-corrected chi connectivity index (χ1v) is 6.92. The van der Waals surface area contributed by atoms with E-state index in [1.54, 1.807) is 21.9 Å². The Morgan fingerprint density at radius 3 is 2.55 bits per heavy atom. The van der Waals surface area contributed by atoms with Gasteiger partial charge >= 0.3 is 0 Å². The Morgan fingerprint density at radius 2 is 1.95 bits per heavy atom. The fraction of sp³-hybridized carbons (Fsp3) is 0.467. The smallest absolute Gasteiger partial charge is 0.254 e. The molecule has 1 aromatic rings. The molecule has 0 spiro atoms. The van der Waals surface area contributed by atoms with E-state index in [0.717, 1.165) is 0 Å². The number of aliphatic hydroxyl groups is 1. The van der Waals surface area contributed by atoms with E-state index in [4.69, 9.17) is 0 Å². The average Bonchev–Trinajstić information content (AvgIpc) is 2.53. The highest BCUT2D eigenvalue weighted by molar-refractivity contribution is 5.94. The predicted octanol–water partition coefficient (Wildman–Crippen LogP) is 0.742. The number of carbonyl (C=O) groups excluding carboxylic acids is 2. The van der Waals surface area contributed by atoms with Crippen LogP contribution in [0.2, 0.25) is 0 Å². The summed E-state index contributed by atoms with van der Waals surface area (Å²) >= 11 is 0. The molecule has 1 N–H and O–H groups in total. The van der Waals surface area contributed by atoms with Gasteiger partial charge in [0.1, 0.15) is 0 Å². The van der Waals surface area contributed by atoms with Crippen molar-refractivity contribution in [3.63, 3.8) is 0 Å². The molecule has 1 fully saturated rings. The Morgan fingerprint density at radius 1 is 1.25 bits per heavy atom. The van der Waals surface area contributed by atoms with Crippen molar-refractivity contribution in [1.82, 2.24) is 9.80 Å². The van der Waals surface area contributed by atoms with Crippen LogP contribution >= 0.6 is 0 Å². The van der Waals surface area contributed by atoms with Crippen LogP contribution in [-0.2, 0) is 4.79 Å². The lowest BCUT2D eigenvalue weighted by Gasteiger charge is -2.40. The highest BCUT2D eigenvalue weighted by atomic mass is 16.3. The van der Waals surface area contributed by atoms with Gasteiger partial charge in [0.05, 0.1) is 12.6 Å². The van der Waals surface area contributed by atoms with Crippen LogP contribution in [0.4, 0.5) is 0 Å². The normalized spacial score (nSPS) is 19.0. The zero-order valence-electron chi connectivity index (χ0n) is 11.7. The molecular formula is C15H20N2O3. The van der Waals surface area contributed by atoms with Gasteiger partial charge in [-0.05, 0) is 12.1 Å². The van der Waals surface area contributed by atoms with Crippen LogP contribution in [-0.4, -0.2) is 59.0 Å². The first-order valence-electron chi connectivity index (χ1n) is 6.92. The predicted molar refractivity (Wildman–Crippen MR) is 75.2 cm³/mol. The molecule has 5 heteroatoms. The molecular weight excluding hydrogens is 256 g/mol. The fourth-order valence-corrected chi connectivity index (χ4v) is 2.48. The van der Waals surface area contributed by atoms with Crippen molar-refractivity contribution < 1.29 is 14.7 Å². The Kier molecular flexibility index (Phi) is 4.74. The van der Waals surface area contributed by atoms with Gasteiger partial charge in [-0.2, -0.15) is 0 Å². The summed E-state index contributed by atoms with van der Waals surface area (Å²) in [5, 5.41) is 9.50. The van der Waals surface area contributed by atoms with E-state index < -0.39 is 0 Å². The van der Waals surface area contributed by atoms with E-state index in [1.807, 2.05) is 25.1 Å². The van der Waals surface area contributed by atoms with Crippen LogP contribution in [0.15, 0.2) is 30.3 Å². The first kappa shape index (κ1) is 14.5. The molecule has 1 aromatic carbocycles. The van der Waals surface area contributed by atoms with Crippen LogP contribution in [0.5, 0.6) is 0 Å². The van der Waals surface area contributed by atoms with Gasteiger partial charge < -0.3 is 14.9 Å². The molecule has 1 heterocycles. The van der Waals surface area contributed by atoms with Crippen LogP contribution in [0.25, 0.3) is 0 Å². The second-order valence-electron chi connectivity index (χ2n) is 4.89. The minimum atomic E-state index is -0.327. The summed E-state index contributed by atoms with van der Waals surface area (Å²) in [5.41, 5.74) is 0.612. The fourth-order valence-electron chi connectivity index (χ4n) is 2.48. The monoisotopic (exact) mass is 276 g/mol. The third kappa shape index (κ3) is 2.99. The Hall–Kier alpha value is -1.88. The second-order valence-corrected chi connectivity index (χ2v) is 4.89. The summed E-state index contributed by atoms with van der Waals surface area (Å²) in [5.74, 6) is -0.0245. The van der Waals surface area contributed by atoms with E-state index in [1.165, 1.54) is 0 Å². The molecule has 20 heavy (non-hydrogen) atoms. The topological polar surface area (TPSA) is 60.9 Å². The van der Waals surface area contributed by atoms with Crippen LogP contribution in [0.1, 0.15) is 23.7 Å². The van der Waals surface area contributed by atoms with Gasteiger partial charge in [0.15, 0.2) is 0 Å². The molecule has 108 valence electrons. The number of aliphatic hydroxyl groups excluding tert-OH is 1. The quantitative estimate of drug-likeness (QED) is 0.886. The van der Waals surface area contributed by atoms with Crippen molar-refractivity contribution in [2.45, 2.75) is 19.4 Å². The van der Waals surface area contributed by atoms with Gasteiger partial charge in [-0.15, -0.1) is 0 Å². The molecule has 0 unspecified atom stereocenters. The summed E-state index contributed by atoms with van der Waals surface area (Å²) in [6, 6.07) is 8.70. The molecule has 1 atom stereocenters. The maximum absolute atomic E-state index is 12.4. The van der Waals surface area contributed by atoms with Gasteiger partial charge in [-0.3, -0.25) is 9.59 Å². The molecule has 0 bridgehead atoms. The highest BCUT2D eigenvalue weighted by Crippen LogP contribution is 2.14. The Labute approximate surface area is 118 Å². The van der Waals surface area contributed by atoms with Crippen molar-refractivity contribution in [2.75, 3.05) is 26.2 Å². The molecule has 0 saturated carbocycles. The molecule has 1 aliphatic rings. The lowest BCUT2D eigenvalue weighted by molar-refractivity contribution is -0.133. The minimum Gasteiger partial charge on any atom is -0.394 e. The lowest BCUT2D eigenvalue weighted by atomic mass is 10.1. The van der Waals surface area contributed by atoms with Crippen molar-refractivity contribution in [3.05, 3.63) is 35.9 Å². The molecule has 2 rings (SSSR count). The van der Waals surface area contributed by atoms with Gasteiger partial charge in [-0.25, -0.2) is 0 Å². The number of amides is 2. The van der Waals surface area contributed by atoms with Crippen LogP contribution < -0.4 is 0 Å². The number of piperazine rings is 1. The first-order chi connectivity index (χ1) is 9.67. The number of carbonyl (C=O) groups is 2. The number of hydrogen-bond acceptors (Lipinski definition) is 3.